The van der Waals surface area contributed by atoms with Crippen molar-refractivity contribution in [2.45, 2.75) is 12.0 Å². The zero-order chi connectivity index (χ0) is 15.3. The minimum Gasteiger partial charge on any atom is -0.336 e. The number of aromatic nitrogens is 2. The van der Waals surface area contributed by atoms with E-state index in [1.54, 1.807) is 15.6 Å². The van der Waals surface area contributed by atoms with Crippen molar-refractivity contribution < 1.29 is 14.4 Å². The topological polar surface area (TPSA) is 95.8 Å². The average molecular weight is 299 g/mol. The van der Waals surface area contributed by atoms with Gasteiger partial charge in [-0.25, -0.2) is 9.31 Å². The Balaban J connectivity index is 1.62. The molecule has 0 radical (unpaired) electrons. The highest BCUT2D eigenvalue weighted by Crippen LogP contribution is 2.26. The molecule has 4 rings (SSSR count). The summed E-state index contributed by atoms with van der Waals surface area (Å²) < 4.78 is 1.63. The Kier molecular flexibility index (Phi) is 2.50. The second-order valence-corrected chi connectivity index (χ2v) is 5.56. The molecule has 8 heteroatoms. The summed E-state index contributed by atoms with van der Waals surface area (Å²) in [6.45, 7) is 0.588. The van der Waals surface area contributed by atoms with E-state index in [2.05, 4.69) is 15.7 Å². The number of imide groups is 1. The predicted octanol–water partition coefficient (Wildman–Crippen LogP) is -0.242. The summed E-state index contributed by atoms with van der Waals surface area (Å²) in [6, 6.07) is 4.98. The Morgan fingerprint density at radius 1 is 1.32 bits per heavy atom. The Bertz CT molecular complexity index is 814. The molecule has 2 saturated heterocycles. The van der Waals surface area contributed by atoms with Gasteiger partial charge in [0.15, 0.2) is 0 Å². The number of urea groups is 1. The number of carbonyl (C=O) groups excluding carboxylic acids is 3. The molecule has 112 valence electrons. The van der Waals surface area contributed by atoms with E-state index in [0.29, 0.717) is 24.0 Å². The Morgan fingerprint density at radius 2 is 2.18 bits per heavy atom. The average Bonchev–Trinajstić information content (AvgIpc) is 3.17. The van der Waals surface area contributed by atoms with Crippen LogP contribution in [0, 0.1) is 0 Å². The maximum Gasteiger partial charge on any atom is 0.322 e. The first-order chi connectivity index (χ1) is 10.6. The molecule has 2 aliphatic rings. The second-order valence-electron chi connectivity index (χ2n) is 5.56. The minimum absolute atomic E-state index is 0.174. The summed E-state index contributed by atoms with van der Waals surface area (Å²) in [7, 11) is 0. The number of nitrogens with zero attached hydrogens (tertiary/aromatic N) is 3. The van der Waals surface area contributed by atoms with Crippen molar-refractivity contribution >= 4 is 23.4 Å². The van der Waals surface area contributed by atoms with Crippen LogP contribution in [0.25, 0.3) is 5.52 Å². The first-order valence-corrected chi connectivity index (χ1v) is 6.94. The summed E-state index contributed by atoms with van der Waals surface area (Å²) in [5.41, 5.74) is 0.214. The minimum atomic E-state index is -0.990. The molecular weight excluding hydrogens is 286 g/mol. The van der Waals surface area contributed by atoms with Crippen molar-refractivity contribution in [3.63, 3.8) is 0 Å². The fraction of sp³-hybridized carbons (Fsp3) is 0.286. The zero-order valence-corrected chi connectivity index (χ0v) is 11.6. The van der Waals surface area contributed by atoms with Gasteiger partial charge in [0.25, 0.3) is 11.8 Å². The fourth-order valence-corrected chi connectivity index (χ4v) is 3.07. The molecule has 2 fully saturated rings. The summed E-state index contributed by atoms with van der Waals surface area (Å²) in [4.78, 5) is 37.5. The summed E-state index contributed by atoms with van der Waals surface area (Å²) in [6.07, 6.45) is 3.70. The second kappa shape index (κ2) is 4.30. The van der Waals surface area contributed by atoms with Gasteiger partial charge in [-0.3, -0.25) is 14.9 Å². The van der Waals surface area contributed by atoms with Gasteiger partial charge in [0.05, 0.1) is 23.8 Å². The van der Waals surface area contributed by atoms with Gasteiger partial charge in [-0.15, -0.1) is 0 Å². The van der Waals surface area contributed by atoms with Crippen molar-refractivity contribution in [3.8, 4) is 0 Å². The van der Waals surface area contributed by atoms with Gasteiger partial charge in [0.1, 0.15) is 5.54 Å². The van der Waals surface area contributed by atoms with E-state index in [4.69, 9.17) is 0 Å². The Morgan fingerprint density at radius 3 is 2.95 bits per heavy atom. The van der Waals surface area contributed by atoms with Gasteiger partial charge in [0.2, 0.25) is 0 Å². The Labute approximate surface area is 125 Å². The van der Waals surface area contributed by atoms with E-state index in [9.17, 15) is 14.4 Å². The van der Waals surface area contributed by atoms with Crippen LogP contribution in [-0.4, -0.2) is 51.0 Å². The zero-order valence-electron chi connectivity index (χ0n) is 11.6. The van der Waals surface area contributed by atoms with Crippen LogP contribution in [0.15, 0.2) is 30.6 Å². The highest BCUT2D eigenvalue weighted by molar-refractivity contribution is 6.08. The van der Waals surface area contributed by atoms with E-state index >= 15 is 0 Å². The van der Waals surface area contributed by atoms with Crippen molar-refractivity contribution in [2.24, 2.45) is 0 Å². The number of hydrogen-bond acceptors (Lipinski definition) is 4. The highest BCUT2D eigenvalue weighted by Gasteiger charge is 2.51. The maximum absolute atomic E-state index is 12.7. The van der Waals surface area contributed by atoms with Gasteiger partial charge in [-0.2, -0.15) is 5.10 Å². The quantitative estimate of drug-likeness (QED) is 0.710. The summed E-state index contributed by atoms with van der Waals surface area (Å²) in [5.74, 6) is -0.556. The van der Waals surface area contributed by atoms with Crippen molar-refractivity contribution in [3.05, 3.63) is 36.2 Å². The number of rotatable bonds is 1. The number of likely N-dealkylation sites (tertiary alicyclic amines) is 1. The van der Waals surface area contributed by atoms with E-state index in [1.807, 2.05) is 18.2 Å². The van der Waals surface area contributed by atoms with Crippen LogP contribution in [0.5, 0.6) is 0 Å². The highest BCUT2D eigenvalue weighted by atomic mass is 16.2. The number of amides is 4. The molecule has 1 spiro atoms. The molecule has 0 aromatic carbocycles. The predicted molar refractivity (Wildman–Crippen MR) is 75.1 cm³/mol. The van der Waals surface area contributed by atoms with Crippen LogP contribution in [0.2, 0.25) is 0 Å². The lowest BCUT2D eigenvalue weighted by Crippen LogP contribution is -2.49. The lowest BCUT2D eigenvalue weighted by atomic mass is 9.99. The fourth-order valence-electron chi connectivity index (χ4n) is 3.07. The third-order valence-electron chi connectivity index (χ3n) is 4.23. The first kappa shape index (κ1) is 12.8. The molecule has 22 heavy (non-hydrogen) atoms. The molecule has 8 nitrogen and oxygen atoms in total. The van der Waals surface area contributed by atoms with Crippen LogP contribution < -0.4 is 10.6 Å². The van der Waals surface area contributed by atoms with Gasteiger partial charge in [-0.1, -0.05) is 6.07 Å². The largest absolute Gasteiger partial charge is 0.336 e. The van der Waals surface area contributed by atoms with E-state index < -0.39 is 11.6 Å². The number of pyridine rings is 1. The van der Waals surface area contributed by atoms with Crippen LogP contribution in [-0.2, 0) is 4.79 Å². The van der Waals surface area contributed by atoms with E-state index in [0.717, 1.165) is 0 Å². The lowest BCUT2D eigenvalue weighted by molar-refractivity contribution is -0.123. The molecule has 4 amide bonds. The molecule has 2 aromatic rings. The van der Waals surface area contributed by atoms with E-state index in [-0.39, 0.29) is 18.4 Å². The van der Waals surface area contributed by atoms with Crippen molar-refractivity contribution in [2.75, 3.05) is 13.1 Å². The normalized spacial score (nSPS) is 24.1. The lowest BCUT2D eigenvalue weighted by Gasteiger charge is -2.20. The molecular formula is C14H13N5O3. The molecule has 0 saturated carbocycles. The van der Waals surface area contributed by atoms with Crippen LogP contribution in [0.4, 0.5) is 4.79 Å². The monoisotopic (exact) mass is 299 g/mol. The SMILES string of the molecule is O=C1NC(=O)C2(CCN(C(=O)c3cnn4ccccc34)C2)N1. The molecule has 2 aliphatic heterocycles. The van der Waals surface area contributed by atoms with Crippen molar-refractivity contribution in [1.82, 2.24) is 25.1 Å². The van der Waals surface area contributed by atoms with Crippen LogP contribution in [0.3, 0.4) is 0 Å². The standard InChI is InChI=1S/C14H13N5O3/c20-11(9-7-15-19-5-2-1-3-10(9)19)18-6-4-14(8-18)12(21)16-13(22)17-14/h1-3,5,7H,4,6,8H2,(H2,16,17,21,22). The first-order valence-electron chi connectivity index (χ1n) is 6.94. The number of hydrogen-bond donors (Lipinski definition) is 2. The third kappa shape index (κ3) is 1.70. The number of nitrogens with one attached hydrogen (secondary N) is 2. The number of fused-ring (bicyclic) bond motifs is 1. The van der Waals surface area contributed by atoms with Gasteiger partial charge >= 0.3 is 6.03 Å². The molecule has 1 atom stereocenters. The summed E-state index contributed by atoms with van der Waals surface area (Å²) >= 11 is 0. The molecule has 1 unspecified atom stereocenters. The molecule has 4 heterocycles. The van der Waals surface area contributed by atoms with Gasteiger partial charge < -0.3 is 10.2 Å². The van der Waals surface area contributed by atoms with Crippen LogP contribution >= 0.6 is 0 Å². The molecule has 2 aromatic heterocycles. The van der Waals surface area contributed by atoms with Crippen LogP contribution in [0.1, 0.15) is 16.8 Å². The van der Waals surface area contributed by atoms with E-state index in [1.165, 1.54) is 6.20 Å². The summed E-state index contributed by atoms with van der Waals surface area (Å²) in [5, 5.41) is 9.01. The Hall–Kier alpha value is -2.90. The van der Waals surface area contributed by atoms with Gasteiger partial charge in [0, 0.05) is 12.7 Å². The maximum atomic E-state index is 12.7. The molecule has 0 bridgehead atoms. The van der Waals surface area contributed by atoms with Crippen molar-refractivity contribution in [1.29, 1.82) is 0 Å². The molecule has 0 aliphatic carbocycles. The molecule has 2 N–H and O–H groups in total. The van der Waals surface area contributed by atoms with Gasteiger partial charge in [-0.05, 0) is 18.6 Å². The third-order valence-corrected chi connectivity index (χ3v) is 4.23. The smallest absolute Gasteiger partial charge is 0.322 e. The number of carbonyl (C=O) groups is 3.